The van der Waals surface area contributed by atoms with Gasteiger partial charge in [0.1, 0.15) is 0 Å². The Bertz CT molecular complexity index is 710. The maximum atomic E-state index is 12.2. The third-order valence-electron chi connectivity index (χ3n) is 4.18. The molecule has 0 bridgehead atoms. The highest BCUT2D eigenvalue weighted by molar-refractivity contribution is 8.00. The van der Waals surface area contributed by atoms with Crippen molar-refractivity contribution in [3.63, 3.8) is 0 Å². The highest BCUT2D eigenvalue weighted by Crippen LogP contribution is 2.37. The second kappa shape index (κ2) is 9.06. The monoisotopic (exact) mass is 374 g/mol. The van der Waals surface area contributed by atoms with E-state index in [4.69, 9.17) is 0 Å². The summed E-state index contributed by atoms with van der Waals surface area (Å²) in [6.45, 7) is 0.332. The molecule has 2 N–H and O–H groups in total. The first-order valence-corrected chi connectivity index (χ1v) is 10.4. The summed E-state index contributed by atoms with van der Waals surface area (Å²) in [5.41, 5.74) is 1.51. The molecule has 4 nitrogen and oxygen atoms in total. The van der Waals surface area contributed by atoms with Crippen LogP contribution in [-0.4, -0.2) is 23.6 Å². The lowest BCUT2D eigenvalue weighted by Crippen LogP contribution is -2.27. The van der Waals surface area contributed by atoms with Crippen LogP contribution in [0.1, 0.15) is 42.5 Å². The van der Waals surface area contributed by atoms with E-state index in [1.54, 1.807) is 11.4 Å². The number of thioether (sulfide) groups is 1. The molecular weight excluding hydrogens is 352 g/mol. The summed E-state index contributed by atoms with van der Waals surface area (Å²) in [5.74, 6) is -0.212. The molecule has 6 heteroatoms. The molecule has 1 aromatic carbocycles. The van der Waals surface area contributed by atoms with Crippen LogP contribution in [-0.2, 0) is 4.79 Å². The predicted molar refractivity (Wildman–Crippen MR) is 104 cm³/mol. The highest BCUT2D eigenvalue weighted by atomic mass is 32.2. The third kappa shape index (κ3) is 5.34. The number of anilines is 1. The first kappa shape index (κ1) is 18.0. The Morgan fingerprint density at radius 2 is 1.96 bits per heavy atom. The number of amides is 2. The summed E-state index contributed by atoms with van der Waals surface area (Å²) in [5, 5.41) is 10.1. The molecular formula is C19H22N2O2S2. The summed E-state index contributed by atoms with van der Waals surface area (Å²) in [7, 11) is 0. The molecule has 1 fully saturated rings. The lowest BCUT2D eigenvalue weighted by Gasteiger charge is -2.14. The SMILES string of the molecule is O=C(CCNC(=O)c1ccsc1)Nc1ccccc1SC1CCCC1. The van der Waals surface area contributed by atoms with Crippen molar-refractivity contribution in [2.45, 2.75) is 42.2 Å². The fourth-order valence-corrected chi connectivity index (χ4v) is 4.82. The van der Waals surface area contributed by atoms with Crippen LogP contribution in [0.15, 0.2) is 46.0 Å². The van der Waals surface area contributed by atoms with Gasteiger partial charge in [-0.2, -0.15) is 11.3 Å². The van der Waals surface area contributed by atoms with Gasteiger partial charge in [0.15, 0.2) is 0 Å². The molecule has 0 spiro atoms. The molecule has 1 aliphatic carbocycles. The zero-order valence-electron chi connectivity index (χ0n) is 14.0. The molecule has 0 aliphatic heterocycles. The van der Waals surface area contributed by atoms with Gasteiger partial charge >= 0.3 is 0 Å². The summed E-state index contributed by atoms with van der Waals surface area (Å²) in [6, 6.07) is 9.73. The molecule has 0 radical (unpaired) electrons. The van der Waals surface area contributed by atoms with E-state index in [9.17, 15) is 9.59 Å². The van der Waals surface area contributed by atoms with Crippen LogP contribution in [0.5, 0.6) is 0 Å². The number of para-hydroxylation sites is 1. The minimum atomic E-state index is -0.133. The Hall–Kier alpha value is -1.79. The molecule has 2 aromatic rings. The summed E-state index contributed by atoms with van der Waals surface area (Å²) in [6.07, 6.45) is 5.37. The Kier molecular flexibility index (Phi) is 6.53. The Balaban J connectivity index is 1.48. The maximum Gasteiger partial charge on any atom is 0.252 e. The molecule has 2 amide bonds. The third-order valence-corrected chi connectivity index (χ3v) is 6.28. The molecule has 3 rings (SSSR count). The Morgan fingerprint density at radius 1 is 1.16 bits per heavy atom. The van der Waals surface area contributed by atoms with E-state index < -0.39 is 0 Å². The smallest absolute Gasteiger partial charge is 0.252 e. The lowest BCUT2D eigenvalue weighted by atomic mass is 10.3. The van der Waals surface area contributed by atoms with Gasteiger partial charge in [-0.05, 0) is 36.4 Å². The van der Waals surface area contributed by atoms with Gasteiger partial charge in [-0.1, -0.05) is 25.0 Å². The number of carbonyl (C=O) groups excluding carboxylic acids is 2. The van der Waals surface area contributed by atoms with Gasteiger partial charge in [0.2, 0.25) is 5.91 Å². The van der Waals surface area contributed by atoms with Gasteiger partial charge in [0.05, 0.1) is 5.69 Å². The van der Waals surface area contributed by atoms with Crippen molar-refractivity contribution in [2.24, 2.45) is 0 Å². The number of nitrogens with one attached hydrogen (secondary N) is 2. The van der Waals surface area contributed by atoms with Crippen LogP contribution < -0.4 is 10.6 Å². The molecule has 1 saturated carbocycles. The second-order valence-corrected chi connectivity index (χ2v) is 8.21. The van der Waals surface area contributed by atoms with Gasteiger partial charge in [-0.25, -0.2) is 0 Å². The number of benzene rings is 1. The van der Waals surface area contributed by atoms with Crippen molar-refractivity contribution in [3.05, 3.63) is 46.7 Å². The predicted octanol–water partition coefficient (Wildman–Crippen LogP) is 4.54. The van der Waals surface area contributed by atoms with E-state index >= 15 is 0 Å². The molecule has 0 saturated heterocycles. The topological polar surface area (TPSA) is 58.2 Å². The number of rotatable bonds is 7. The Morgan fingerprint density at radius 3 is 2.72 bits per heavy atom. The molecule has 1 aromatic heterocycles. The summed E-state index contributed by atoms with van der Waals surface area (Å²) in [4.78, 5) is 25.2. The fourth-order valence-electron chi connectivity index (χ4n) is 2.86. The molecule has 0 atom stereocenters. The Labute approximate surface area is 156 Å². The highest BCUT2D eigenvalue weighted by Gasteiger charge is 2.18. The van der Waals surface area contributed by atoms with E-state index in [1.807, 2.05) is 35.3 Å². The molecule has 0 unspecified atom stereocenters. The van der Waals surface area contributed by atoms with Gasteiger partial charge in [-0.15, -0.1) is 11.8 Å². The lowest BCUT2D eigenvalue weighted by molar-refractivity contribution is -0.116. The van der Waals surface area contributed by atoms with Crippen LogP contribution >= 0.6 is 23.1 Å². The average Bonchev–Trinajstić information content (AvgIpc) is 3.30. The van der Waals surface area contributed by atoms with Gasteiger partial charge in [0.25, 0.3) is 5.91 Å². The van der Waals surface area contributed by atoms with Crippen molar-refractivity contribution in [2.75, 3.05) is 11.9 Å². The number of carbonyl (C=O) groups is 2. The average molecular weight is 375 g/mol. The van der Waals surface area contributed by atoms with Gasteiger partial charge < -0.3 is 10.6 Å². The number of hydrogen-bond donors (Lipinski definition) is 2. The zero-order chi connectivity index (χ0) is 17.5. The van der Waals surface area contributed by atoms with Crippen molar-refractivity contribution >= 4 is 40.6 Å². The van der Waals surface area contributed by atoms with Crippen molar-refractivity contribution < 1.29 is 9.59 Å². The van der Waals surface area contributed by atoms with Crippen LogP contribution in [0.25, 0.3) is 0 Å². The van der Waals surface area contributed by atoms with Gasteiger partial charge in [-0.3, -0.25) is 9.59 Å². The van der Waals surface area contributed by atoms with E-state index in [2.05, 4.69) is 16.7 Å². The molecule has 25 heavy (non-hydrogen) atoms. The van der Waals surface area contributed by atoms with E-state index in [0.29, 0.717) is 17.4 Å². The minimum absolute atomic E-state index is 0.0786. The standard InChI is InChI=1S/C19H22N2O2S2/c22-18(9-11-20-19(23)14-10-12-24-13-14)21-16-7-3-4-8-17(16)25-15-5-1-2-6-15/h3-4,7-8,10,12-13,15H,1-2,5-6,9,11H2,(H,20,23)(H,21,22). The molecule has 132 valence electrons. The fraction of sp³-hybridized carbons (Fsp3) is 0.368. The summed E-state index contributed by atoms with van der Waals surface area (Å²) < 4.78 is 0. The number of hydrogen-bond acceptors (Lipinski definition) is 4. The maximum absolute atomic E-state index is 12.2. The zero-order valence-corrected chi connectivity index (χ0v) is 15.6. The largest absolute Gasteiger partial charge is 0.351 e. The summed E-state index contributed by atoms with van der Waals surface area (Å²) >= 11 is 3.34. The van der Waals surface area contributed by atoms with Crippen molar-refractivity contribution in [1.29, 1.82) is 0 Å². The van der Waals surface area contributed by atoms with Crippen LogP contribution in [0.4, 0.5) is 5.69 Å². The van der Waals surface area contributed by atoms with Crippen molar-refractivity contribution in [1.82, 2.24) is 5.32 Å². The second-order valence-electron chi connectivity index (χ2n) is 6.09. The molecule has 1 heterocycles. The first-order valence-electron chi connectivity index (χ1n) is 8.58. The number of thiophene rings is 1. The normalized spacial score (nSPS) is 14.4. The minimum Gasteiger partial charge on any atom is -0.351 e. The van der Waals surface area contributed by atoms with Gasteiger partial charge in [0, 0.05) is 34.1 Å². The van der Waals surface area contributed by atoms with E-state index in [1.165, 1.54) is 37.0 Å². The first-order chi connectivity index (χ1) is 12.2. The van der Waals surface area contributed by atoms with E-state index in [0.717, 1.165) is 10.6 Å². The van der Waals surface area contributed by atoms with E-state index in [-0.39, 0.29) is 18.2 Å². The van der Waals surface area contributed by atoms with Crippen LogP contribution in [0, 0.1) is 0 Å². The quantitative estimate of drug-likeness (QED) is 0.748. The van der Waals surface area contributed by atoms with Crippen molar-refractivity contribution in [3.8, 4) is 0 Å². The van der Waals surface area contributed by atoms with Crippen LogP contribution in [0.3, 0.4) is 0 Å². The molecule has 1 aliphatic rings. The van der Waals surface area contributed by atoms with Crippen LogP contribution in [0.2, 0.25) is 0 Å².